The summed E-state index contributed by atoms with van der Waals surface area (Å²) in [6, 6.07) is 8.16. The maximum absolute atomic E-state index is 11.6. The molecule has 9 nitrogen and oxygen atoms in total. The van der Waals surface area contributed by atoms with Crippen molar-refractivity contribution in [3.05, 3.63) is 58.0 Å². The van der Waals surface area contributed by atoms with Gasteiger partial charge in [-0.05, 0) is 55.8 Å². The van der Waals surface area contributed by atoms with Gasteiger partial charge in [-0.3, -0.25) is 19.5 Å². The Kier molecular flexibility index (Phi) is 5.34. The van der Waals surface area contributed by atoms with Crippen LogP contribution in [0.25, 0.3) is 0 Å². The van der Waals surface area contributed by atoms with Gasteiger partial charge in [0.2, 0.25) is 5.95 Å². The maximum atomic E-state index is 11.6. The molecule has 0 N–H and O–H groups in total. The molecule has 29 heavy (non-hydrogen) atoms. The predicted molar refractivity (Wildman–Crippen MR) is 107 cm³/mol. The number of aromatic nitrogens is 3. The number of Topliss-reactive ketones (excluding diaryl/α,β-unsaturated/α-hetero) is 1. The van der Waals surface area contributed by atoms with Gasteiger partial charge in [-0.1, -0.05) is 0 Å². The number of benzene rings is 1. The van der Waals surface area contributed by atoms with Crippen molar-refractivity contribution in [1.29, 1.82) is 0 Å². The molecule has 0 spiro atoms. The van der Waals surface area contributed by atoms with E-state index < -0.39 is 4.92 Å². The van der Waals surface area contributed by atoms with E-state index in [9.17, 15) is 14.9 Å². The SMILES string of the molecule is CC(=O)c1ccc(Sc2nnc(N3CCCC3)n2Cc2ccco2)c([N+](=O)[O-])c1. The number of ketones is 1. The molecule has 0 radical (unpaired) electrons. The lowest BCUT2D eigenvalue weighted by Gasteiger charge is -2.17. The summed E-state index contributed by atoms with van der Waals surface area (Å²) in [5, 5.41) is 20.7. The molecule has 0 bridgehead atoms. The zero-order chi connectivity index (χ0) is 20.4. The summed E-state index contributed by atoms with van der Waals surface area (Å²) in [5.41, 5.74) is 0.175. The van der Waals surface area contributed by atoms with E-state index in [4.69, 9.17) is 4.42 Å². The van der Waals surface area contributed by atoms with Crippen molar-refractivity contribution < 1.29 is 14.1 Å². The molecular weight excluding hydrogens is 394 g/mol. The minimum atomic E-state index is -0.483. The molecule has 3 heterocycles. The molecule has 1 fully saturated rings. The molecule has 0 saturated carbocycles. The summed E-state index contributed by atoms with van der Waals surface area (Å²) in [4.78, 5) is 25.2. The first-order valence-electron chi connectivity index (χ1n) is 9.20. The van der Waals surface area contributed by atoms with Gasteiger partial charge >= 0.3 is 0 Å². The van der Waals surface area contributed by atoms with Crippen molar-refractivity contribution in [1.82, 2.24) is 14.8 Å². The van der Waals surface area contributed by atoms with Crippen LogP contribution in [-0.2, 0) is 6.54 Å². The molecular formula is C19H19N5O4S. The lowest BCUT2D eigenvalue weighted by atomic mass is 10.1. The maximum Gasteiger partial charge on any atom is 0.284 e. The molecule has 4 rings (SSSR count). The Hall–Kier alpha value is -3.14. The largest absolute Gasteiger partial charge is 0.467 e. The molecule has 10 heteroatoms. The Morgan fingerprint density at radius 2 is 2.07 bits per heavy atom. The highest BCUT2D eigenvalue weighted by molar-refractivity contribution is 7.99. The van der Waals surface area contributed by atoms with Crippen LogP contribution < -0.4 is 4.90 Å². The number of nitro benzene ring substituents is 1. The standard InChI is InChI=1S/C19H19N5O4S/c1-13(25)14-6-7-17(16(11-14)24(26)27)29-19-21-20-18(22-8-2-3-9-22)23(19)12-15-5-4-10-28-15/h4-7,10-11H,2-3,8-9,12H2,1H3. The number of carbonyl (C=O) groups is 1. The van der Waals surface area contributed by atoms with Gasteiger partial charge in [0.15, 0.2) is 10.9 Å². The smallest absolute Gasteiger partial charge is 0.284 e. The fourth-order valence-corrected chi connectivity index (χ4v) is 4.18. The number of carbonyl (C=O) groups excluding carboxylic acids is 1. The highest BCUT2D eigenvalue weighted by Crippen LogP contribution is 2.36. The van der Waals surface area contributed by atoms with E-state index in [0.29, 0.717) is 22.2 Å². The summed E-state index contributed by atoms with van der Waals surface area (Å²) in [6.45, 7) is 3.60. The van der Waals surface area contributed by atoms with Gasteiger partial charge in [0, 0.05) is 24.7 Å². The van der Waals surface area contributed by atoms with E-state index in [2.05, 4.69) is 15.1 Å². The first-order chi connectivity index (χ1) is 14.0. The first kappa shape index (κ1) is 19.2. The molecule has 150 valence electrons. The average molecular weight is 413 g/mol. The zero-order valence-electron chi connectivity index (χ0n) is 15.8. The van der Waals surface area contributed by atoms with Crippen molar-refractivity contribution in [3.8, 4) is 0 Å². The van der Waals surface area contributed by atoms with Crippen LogP contribution in [0.4, 0.5) is 11.6 Å². The second kappa shape index (κ2) is 8.08. The van der Waals surface area contributed by atoms with Crippen LogP contribution in [0.3, 0.4) is 0 Å². The number of hydrogen-bond donors (Lipinski definition) is 0. The van der Waals surface area contributed by atoms with Crippen molar-refractivity contribution in [2.75, 3.05) is 18.0 Å². The predicted octanol–water partition coefficient (Wildman–Crippen LogP) is 3.78. The fraction of sp³-hybridized carbons (Fsp3) is 0.316. The van der Waals surface area contributed by atoms with E-state index in [1.165, 1.54) is 13.0 Å². The van der Waals surface area contributed by atoms with Gasteiger partial charge < -0.3 is 9.32 Å². The molecule has 2 aromatic heterocycles. The summed E-state index contributed by atoms with van der Waals surface area (Å²) in [6.07, 6.45) is 3.79. The van der Waals surface area contributed by atoms with Gasteiger partial charge in [0.05, 0.1) is 22.6 Å². The van der Waals surface area contributed by atoms with Gasteiger partial charge in [-0.15, -0.1) is 10.2 Å². The van der Waals surface area contributed by atoms with Crippen molar-refractivity contribution in [2.45, 2.75) is 36.4 Å². The molecule has 0 amide bonds. The highest BCUT2D eigenvalue weighted by Gasteiger charge is 2.25. The van der Waals surface area contributed by atoms with Gasteiger partial charge in [-0.2, -0.15) is 0 Å². The molecule has 0 atom stereocenters. The van der Waals surface area contributed by atoms with Crippen LogP contribution in [0.15, 0.2) is 51.1 Å². The molecule has 1 aliphatic rings. The number of nitro groups is 1. The Morgan fingerprint density at radius 1 is 1.28 bits per heavy atom. The van der Waals surface area contributed by atoms with Crippen LogP contribution in [-0.4, -0.2) is 38.6 Å². The zero-order valence-corrected chi connectivity index (χ0v) is 16.6. The first-order valence-corrected chi connectivity index (χ1v) is 10.0. The second-order valence-corrected chi connectivity index (χ2v) is 7.75. The summed E-state index contributed by atoms with van der Waals surface area (Å²) in [7, 11) is 0. The minimum Gasteiger partial charge on any atom is -0.467 e. The third-order valence-corrected chi connectivity index (χ3v) is 5.79. The second-order valence-electron chi connectivity index (χ2n) is 6.74. The van der Waals surface area contributed by atoms with E-state index in [1.54, 1.807) is 18.4 Å². The lowest BCUT2D eigenvalue weighted by Crippen LogP contribution is -2.22. The topological polar surface area (TPSA) is 107 Å². The Balaban J connectivity index is 1.71. The van der Waals surface area contributed by atoms with Crippen molar-refractivity contribution in [2.24, 2.45) is 0 Å². The molecule has 0 aliphatic carbocycles. The summed E-state index contributed by atoms with van der Waals surface area (Å²) < 4.78 is 7.40. The van der Waals surface area contributed by atoms with Gasteiger partial charge in [0.25, 0.3) is 5.69 Å². The van der Waals surface area contributed by atoms with E-state index in [0.717, 1.165) is 49.4 Å². The Morgan fingerprint density at radius 3 is 2.72 bits per heavy atom. The minimum absolute atomic E-state index is 0.127. The highest BCUT2D eigenvalue weighted by atomic mass is 32.2. The van der Waals surface area contributed by atoms with Crippen LogP contribution >= 0.6 is 11.8 Å². The van der Waals surface area contributed by atoms with Gasteiger partial charge in [0.1, 0.15) is 5.76 Å². The summed E-state index contributed by atoms with van der Waals surface area (Å²) in [5.74, 6) is 1.25. The van der Waals surface area contributed by atoms with E-state index >= 15 is 0 Å². The fourth-order valence-electron chi connectivity index (χ4n) is 3.27. The number of rotatable bonds is 7. The summed E-state index contributed by atoms with van der Waals surface area (Å²) >= 11 is 1.16. The monoisotopic (exact) mass is 413 g/mol. The quantitative estimate of drug-likeness (QED) is 0.327. The van der Waals surface area contributed by atoms with Gasteiger partial charge in [-0.25, -0.2) is 0 Å². The number of anilines is 1. The third-order valence-electron chi connectivity index (χ3n) is 4.74. The third kappa shape index (κ3) is 4.02. The van der Waals surface area contributed by atoms with E-state index in [-0.39, 0.29) is 11.5 Å². The molecule has 1 saturated heterocycles. The number of hydrogen-bond acceptors (Lipinski definition) is 8. The Labute approximate surface area is 170 Å². The molecule has 3 aromatic rings. The van der Waals surface area contributed by atoms with Crippen LogP contribution in [0, 0.1) is 10.1 Å². The lowest BCUT2D eigenvalue weighted by molar-refractivity contribution is -0.387. The number of furan rings is 1. The normalized spacial score (nSPS) is 13.8. The van der Waals surface area contributed by atoms with Crippen molar-refractivity contribution >= 4 is 29.2 Å². The van der Waals surface area contributed by atoms with Crippen molar-refractivity contribution in [3.63, 3.8) is 0 Å². The Bertz CT molecular complexity index is 1040. The average Bonchev–Trinajstić information content (AvgIpc) is 3.45. The molecule has 0 unspecified atom stereocenters. The van der Waals surface area contributed by atoms with E-state index in [1.807, 2.05) is 16.7 Å². The number of nitrogens with zero attached hydrogens (tertiary/aromatic N) is 5. The molecule has 1 aromatic carbocycles. The van der Waals surface area contributed by atoms with Crippen LogP contribution in [0.2, 0.25) is 0 Å². The van der Waals surface area contributed by atoms with Crippen LogP contribution in [0.1, 0.15) is 35.9 Å². The van der Waals surface area contributed by atoms with Crippen LogP contribution in [0.5, 0.6) is 0 Å². The molecule has 1 aliphatic heterocycles.